The lowest BCUT2D eigenvalue weighted by Crippen LogP contribution is -1.83. The molecule has 0 aliphatic carbocycles. The lowest BCUT2D eigenvalue weighted by molar-refractivity contribution is 0.389. The lowest BCUT2D eigenvalue weighted by atomic mass is 10.7. The highest BCUT2D eigenvalue weighted by molar-refractivity contribution is 7.11. The summed E-state index contributed by atoms with van der Waals surface area (Å²) in [5.41, 5.74) is 0. The molecule has 0 amide bonds. The zero-order valence-corrected chi connectivity index (χ0v) is 46.3. The van der Waals surface area contributed by atoms with Crippen molar-refractivity contribution in [3.05, 3.63) is 106 Å². The highest BCUT2D eigenvalue weighted by atomic mass is 32.1. The van der Waals surface area contributed by atoms with Gasteiger partial charge in [0.15, 0.2) is 11.6 Å². The molecule has 27 heteroatoms. The summed E-state index contributed by atoms with van der Waals surface area (Å²) in [5, 5.41) is 47.2. The Morgan fingerprint density at radius 1 is 0.471 bits per heavy atom. The maximum atomic E-state index is 4.60. The number of H-pyrrole nitrogens is 3. The maximum absolute atomic E-state index is 4.60. The number of hydrogen-bond acceptors (Lipinski definition) is 22. The Kier molecular flexibility index (Phi) is 52.7. The fourth-order valence-corrected chi connectivity index (χ4v) is 3.99. The van der Waals surface area contributed by atoms with E-state index in [2.05, 4.69) is 115 Å². The summed E-state index contributed by atoms with van der Waals surface area (Å²) in [6, 6.07) is 0. The Balaban J connectivity index is -0.000000214. The average molecular weight is 990 g/mol. The molecule has 9 aromatic heterocycles. The summed E-state index contributed by atoms with van der Waals surface area (Å²) in [5.74, 6) is 6.08. The van der Waals surface area contributed by atoms with Gasteiger partial charge in [0.05, 0.1) is 0 Å². The van der Waals surface area contributed by atoms with Crippen molar-refractivity contribution < 1.29 is 9.05 Å². The first kappa shape index (κ1) is 70.1. The van der Waals surface area contributed by atoms with Crippen molar-refractivity contribution in [2.75, 3.05) is 0 Å². The SMILES string of the molecule is CC.CC.CC.CC.CC.Cc1ncn[nH]1.Cc1ncn[nH]1.Cc1ncn[nH]1.Cc1nnc(C)s1.Cc1noc(C)n1.Cc1noc(C)n1.Cc1nsc(C)n1.Cn1cncn1.Cn1cnnc1. The van der Waals surface area contributed by atoms with Gasteiger partial charge in [-0.25, -0.2) is 24.9 Å². The molecule has 0 radical (unpaired) electrons. The molecular weight excluding hydrogens is 911 g/mol. The monoisotopic (exact) mass is 990 g/mol. The van der Waals surface area contributed by atoms with Gasteiger partial charge < -0.3 is 13.6 Å². The minimum absolute atomic E-state index is 0.623. The second kappa shape index (κ2) is 51.1. The van der Waals surface area contributed by atoms with Gasteiger partial charge >= 0.3 is 0 Å². The Morgan fingerprint density at radius 3 is 0.941 bits per heavy atom. The van der Waals surface area contributed by atoms with Crippen LogP contribution in [-0.2, 0) is 14.1 Å². The van der Waals surface area contributed by atoms with Crippen LogP contribution in [0.5, 0.6) is 0 Å². The van der Waals surface area contributed by atoms with E-state index >= 15 is 0 Å². The number of aromatic nitrogens is 23. The Morgan fingerprint density at radius 2 is 0.853 bits per heavy atom. The number of aryl methyl sites for hydroxylation is 13. The molecule has 0 atom stereocenters. The van der Waals surface area contributed by atoms with Gasteiger partial charge in [-0.3, -0.25) is 20.0 Å². The van der Waals surface area contributed by atoms with E-state index in [1.807, 2.05) is 132 Å². The number of nitrogens with zero attached hydrogens (tertiary/aromatic N) is 20. The third kappa shape index (κ3) is 48.6. The van der Waals surface area contributed by atoms with Crippen molar-refractivity contribution in [2.45, 2.75) is 145 Å². The van der Waals surface area contributed by atoms with Crippen molar-refractivity contribution in [2.24, 2.45) is 14.1 Å². The molecule has 25 nitrogen and oxygen atoms in total. The highest BCUT2D eigenvalue weighted by Crippen LogP contribution is 2.04. The van der Waals surface area contributed by atoms with Gasteiger partial charge in [-0.1, -0.05) is 79.6 Å². The van der Waals surface area contributed by atoms with Crippen LogP contribution in [0.4, 0.5) is 0 Å². The van der Waals surface area contributed by atoms with Crippen LogP contribution in [0, 0.1) is 76.2 Å². The minimum atomic E-state index is 0.623. The number of nitrogens with one attached hydrogen (secondary N) is 3. The number of aromatic amines is 3. The predicted molar refractivity (Wildman–Crippen MR) is 268 cm³/mol. The third-order valence-corrected chi connectivity index (χ3v) is 6.65. The first-order valence-corrected chi connectivity index (χ1v) is 23.3. The molecule has 0 saturated carbocycles. The molecule has 9 aromatic rings. The Labute approximate surface area is 411 Å². The molecule has 9 rings (SSSR count). The molecule has 0 aromatic carbocycles. The molecule has 9 heterocycles. The third-order valence-electron chi connectivity index (χ3n) is 5.19. The largest absolute Gasteiger partial charge is 0.340 e. The van der Waals surface area contributed by atoms with Crippen LogP contribution in [0.25, 0.3) is 0 Å². The fraction of sp³-hybridized carbons (Fsp3) is 0.561. The quantitative estimate of drug-likeness (QED) is 0.128. The smallest absolute Gasteiger partial charge is 0.223 e. The summed E-state index contributed by atoms with van der Waals surface area (Å²) >= 11 is 3.06. The Bertz CT molecular complexity index is 1790. The normalized spacial score (nSPS) is 8.22. The van der Waals surface area contributed by atoms with E-state index < -0.39 is 0 Å². The van der Waals surface area contributed by atoms with E-state index in [0.29, 0.717) is 23.4 Å². The highest BCUT2D eigenvalue weighted by Gasteiger charge is 1.91. The van der Waals surface area contributed by atoms with Gasteiger partial charge in [0.1, 0.15) is 82.6 Å². The molecule has 0 aliphatic rings. The zero-order valence-electron chi connectivity index (χ0n) is 44.6. The summed E-state index contributed by atoms with van der Waals surface area (Å²) in [6.45, 7) is 40.4. The van der Waals surface area contributed by atoms with E-state index in [1.54, 1.807) is 67.3 Å². The van der Waals surface area contributed by atoms with Gasteiger partial charge in [0.25, 0.3) is 0 Å². The topological polar surface area (TPSA) is 316 Å². The number of rotatable bonds is 0. The average Bonchev–Trinajstić information content (AvgIpc) is 4.18. The van der Waals surface area contributed by atoms with E-state index in [-0.39, 0.29) is 0 Å². The molecule has 0 unspecified atom stereocenters. The molecule has 382 valence electrons. The van der Waals surface area contributed by atoms with Gasteiger partial charge in [-0.05, 0) is 73.8 Å². The van der Waals surface area contributed by atoms with Crippen LogP contribution >= 0.6 is 22.9 Å². The first-order valence-electron chi connectivity index (χ1n) is 21.7. The molecule has 0 fully saturated rings. The van der Waals surface area contributed by atoms with Crippen molar-refractivity contribution in [1.82, 2.24) is 115 Å². The van der Waals surface area contributed by atoms with E-state index in [1.165, 1.54) is 36.8 Å². The van der Waals surface area contributed by atoms with E-state index in [9.17, 15) is 0 Å². The zero-order chi connectivity index (χ0) is 53.1. The summed E-state index contributed by atoms with van der Waals surface area (Å²) in [4.78, 5) is 26.6. The molecule has 68 heavy (non-hydrogen) atoms. The standard InChI is InChI=1S/2C4H6N2O.2C4H6N2S.5C3H5N3.5C2H6/c2*1-3-5-4(2)7-6-3;1-3-5-6-4(2)7-3;1-3-5-4(2)7-6-3;1-6-2-4-5-3-6;1-6-3-4-2-5-6;3*1-3-4-2-5-6-3;5*1-2/h4*1-2H3;2*2-3H,1H3;3*2H,1H3,(H,4,5,6);5*1-2H3. The summed E-state index contributed by atoms with van der Waals surface area (Å²) in [7, 11) is 3.70. The molecule has 0 spiro atoms. The lowest BCUT2D eigenvalue weighted by Gasteiger charge is -1.74. The van der Waals surface area contributed by atoms with Crippen molar-refractivity contribution >= 4 is 22.9 Å². The number of hydrogen-bond donors (Lipinski definition) is 3. The predicted octanol–water partition coefficient (Wildman–Crippen LogP) is 8.78. The van der Waals surface area contributed by atoms with Gasteiger partial charge in [-0.15, -0.1) is 31.7 Å². The minimum Gasteiger partial charge on any atom is -0.340 e. The molecular formula is C41H79N23O2S2. The van der Waals surface area contributed by atoms with Crippen LogP contribution < -0.4 is 0 Å². The van der Waals surface area contributed by atoms with E-state index in [4.69, 9.17) is 0 Å². The second-order valence-corrected chi connectivity index (χ2v) is 13.2. The molecule has 3 N–H and O–H groups in total. The van der Waals surface area contributed by atoms with Crippen LogP contribution in [-0.4, -0.2) is 115 Å². The summed E-state index contributed by atoms with van der Waals surface area (Å²) < 4.78 is 16.6. The van der Waals surface area contributed by atoms with Crippen molar-refractivity contribution in [3.8, 4) is 0 Å². The van der Waals surface area contributed by atoms with Crippen LogP contribution in [0.3, 0.4) is 0 Å². The molecule has 0 saturated heterocycles. The molecule has 0 bridgehead atoms. The fourth-order valence-electron chi connectivity index (χ4n) is 2.92. The molecule has 0 aliphatic heterocycles. The van der Waals surface area contributed by atoms with E-state index in [0.717, 1.165) is 38.3 Å². The van der Waals surface area contributed by atoms with Gasteiger partial charge in [0, 0.05) is 27.9 Å². The second-order valence-electron chi connectivity index (χ2n) is 10.8. The van der Waals surface area contributed by atoms with Crippen LogP contribution in [0.1, 0.15) is 131 Å². The Hall–Kier alpha value is -6.90. The maximum Gasteiger partial charge on any atom is 0.223 e. The van der Waals surface area contributed by atoms with Crippen LogP contribution in [0.15, 0.2) is 53.3 Å². The summed E-state index contributed by atoms with van der Waals surface area (Å²) in [6.07, 6.45) is 10.9. The van der Waals surface area contributed by atoms with Crippen molar-refractivity contribution in [1.29, 1.82) is 0 Å². The van der Waals surface area contributed by atoms with Crippen molar-refractivity contribution in [3.63, 3.8) is 0 Å². The van der Waals surface area contributed by atoms with Crippen LogP contribution in [0.2, 0.25) is 0 Å². The van der Waals surface area contributed by atoms with Gasteiger partial charge in [-0.2, -0.15) is 34.7 Å². The first-order chi connectivity index (χ1) is 32.6. The van der Waals surface area contributed by atoms with Gasteiger partial charge in [0.2, 0.25) is 11.8 Å².